The summed E-state index contributed by atoms with van der Waals surface area (Å²) in [6, 6.07) is 51.4. The molecule has 8 rings (SSSR count). The zero-order valence-electron chi connectivity index (χ0n) is 29.5. The fourth-order valence-electron chi connectivity index (χ4n) is 9.09. The lowest BCUT2D eigenvalue weighted by atomic mass is 9.61. The minimum Gasteiger partial charge on any atom is -0.334 e. The van der Waals surface area contributed by atoms with Crippen molar-refractivity contribution in [3.8, 4) is 22.3 Å². The number of rotatable bonds is 6. The van der Waals surface area contributed by atoms with Crippen LogP contribution < -0.4 is 9.80 Å². The van der Waals surface area contributed by atoms with Crippen molar-refractivity contribution in [1.29, 1.82) is 0 Å². The number of benzene rings is 6. The summed E-state index contributed by atoms with van der Waals surface area (Å²) in [6.07, 6.45) is 4.97. The summed E-state index contributed by atoms with van der Waals surface area (Å²) in [5.74, 6) is 0. The second-order valence-corrected chi connectivity index (χ2v) is 14.8. The molecule has 0 spiro atoms. The zero-order chi connectivity index (χ0) is 33.8. The Morgan fingerprint density at radius 1 is 0.510 bits per heavy atom. The Morgan fingerprint density at radius 2 is 1.02 bits per heavy atom. The first-order valence-corrected chi connectivity index (χ1v) is 17.9. The summed E-state index contributed by atoms with van der Waals surface area (Å²) in [5.41, 5.74) is 16.7. The van der Waals surface area contributed by atoms with Crippen molar-refractivity contribution in [2.45, 2.75) is 71.3 Å². The largest absolute Gasteiger partial charge is 0.334 e. The highest BCUT2D eigenvalue weighted by molar-refractivity contribution is 5.85. The molecule has 0 N–H and O–H groups in total. The van der Waals surface area contributed by atoms with Crippen molar-refractivity contribution in [3.05, 3.63) is 162 Å². The van der Waals surface area contributed by atoms with Crippen LogP contribution in [0.1, 0.15) is 61.8 Å². The first-order chi connectivity index (χ1) is 23.7. The summed E-state index contributed by atoms with van der Waals surface area (Å²) < 4.78 is 0. The highest BCUT2D eigenvalue weighted by Crippen LogP contribution is 2.62. The zero-order valence-corrected chi connectivity index (χ0v) is 29.5. The number of fused-ring (bicyclic) bond motifs is 3. The highest BCUT2D eigenvalue weighted by Gasteiger charge is 2.58. The van der Waals surface area contributed by atoms with Crippen molar-refractivity contribution in [1.82, 2.24) is 0 Å². The van der Waals surface area contributed by atoms with E-state index in [1.807, 2.05) is 0 Å². The molecule has 0 bridgehead atoms. The van der Waals surface area contributed by atoms with Crippen LogP contribution in [0.25, 0.3) is 22.3 Å². The molecule has 6 aromatic rings. The molecule has 2 unspecified atom stereocenters. The lowest BCUT2D eigenvalue weighted by molar-refractivity contribution is 0.194. The number of anilines is 5. The molecule has 1 heterocycles. The van der Waals surface area contributed by atoms with Gasteiger partial charge in [-0.1, -0.05) is 111 Å². The molecular formula is C47H46N2. The minimum atomic E-state index is -0.00328. The summed E-state index contributed by atoms with van der Waals surface area (Å²) in [5, 5.41) is 0. The SMILES string of the molecule is Cc1cc(N(c2ccc(-c3ccccc3)cc2)c2ccc(-c3ccccc3)cc2)cc(N2c3cc(C)cc(C)c3C3(C)CCCCC23C)c1. The Morgan fingerprint density at radius 3 is 1.59 bits per heavy atom. The maximum absolute atomic E-state index is 2.73. The van der Waals surface area contributed by atoms with Crippen LogP contribution >= 0.6 is 0 Å². The molecule has 1 aliphatic heterocycles. The lowest BCUT2D eigenvalue weighted by Crippen LogP contribution is -2.54. The Labute approximate surface area is 292 Å². The van der Waals surface area contributed by atoms with Gasteiger partial charge < -0.3 is 9.80 Å². The molecular weight excluding hydrogens is 593 g/mol. The van der Waals surface area contributed by atoms with E-state index >= 15 is 0 Å². The second kappa shape index (κ2) is 12.1. The van der Waals surface area contributed by atoms with Crippen LogP contribution in [0.2, 0.25) is 0 Å². The third kappa shape index (κ3) is 5.26. The van der Waals surface area contributed by atoms with Crippen molar-refractivity contribution in [3.63, 3.8) is 0 Å². The molecule has 2 heteroatoms. The van der Waals surface area contributed by atoms with Crippen LogP contribution in [-0.4, -0.2) is 5.54 Å². The molecule has 2 atom stereocenters. The molecule has 0 radical (unpaired) electrons. The number of aryl methyl sites for hydroxylation is 3. The number of nitrogens with zero attached hydrogens (tertiary/aromatic N) is 2. The second-order valence-electron chi connectivity index (χ2n) is 14.8. The van der Waals surface area contributed by atoms with Gasteiger partial charge in [-0.15, -0.1) is 0 Å². The van der Waals surface area contributed by atoms with Gasteiger partial charge in [-0.25, -0.2) is 0 Å². The van der Waals surface area contributed by atoms with Crippen molar-refractivity contribution in [2.24, 2.45) is 0 Å². The van der Waals surface area contributed by atoms with Gasteiger partial charge in [-0.05, 0) is 134 Å². The molecule has 2 aliphatic rings. The molecule has 0 amide bonds. The van der Waals surface area contributed by atoms with Gasteiger partial charge in [0, 0.05) is 33.9 Å². The molecule has 6 aromatic carbocycles. The monoisotopic (exact) mass is 638 g/mol. The van der Waals surface area contributed by atoms with E-state index in [4.69, 9.17) is 0 Å². The number of hydrogen-bond donors (Lipinski definition) is 0. The molecule has 49 heavy (non-hydrogen) atoms. The fraction of sp³-hybridized carbons (Fsp3) is 0.234. The average Bonchev–Trinajstić information content (AvgIpc) is 3.32. The van der Waals surface area contributed by atoms with Gasteiger partial charge in [0.1, 0.15) is 0 Å². The molecule has 1 fully saturated rings. The van der Waals surface area contributed by atoms with Crippen LogP contribution in [-0.2, 0) is 5.41 Å². The third-order valence-electron chi connectivity index (χ3n) is 11.6. The standard InChI is InChI=1S/C47H46N2/c1-33-28-35(3)45-44(31-33)49(47(5)27-13-12-26-46(45,47)4)43-30-34(2)29-42(32-43)48(40-22-18-38(19-23-40)36-14-8-6-9-15-36)41-24-20-39(21-25-41)37-16-10-7-11-17-37/h6-11,14-25,28-32H,12-13,26-27H2,1-5H3. The highest BCUT2D eigenvalue weighted by atomic mass is 15.3. The molecule has 1 saturated carbocycles. The van der Waals surface area contributed by atoms with Crippen LogP contribution in [0.5, 0.6) is 0 Å². The fourth-order valence-corrected chi connectivity index (χ4v) is 9.09. The minimum absolute atomic E-state index is 0.00328. The predicted molar refractivity (Wildman–Crippen MR) is 209 cm³/mol. The summed E-state index contributed by atoms with van der Waals surface area (Å²) in [6.45, 7) is 11.9. The topological polar surface area (TPSA) is 6.48 Å². The van der Waals surface area contributed by atoms with Crippen LogP contribution in [0, 0.1) is 20.8 Å². The van der Waals surface area contributed by atoms with Crippen molar-refractivity contribution >= 4 is 28.4 Å². The van der Waals surface area contributed by atoms with E-state index in [0.29, 0.717) is 0 Å². The smallest absolute Gasteiger partial charge is 0.0518 e. The van der Waals surface area contributed by atoms with Crippen molar-refractivity contribution in [2.75, 3.05) is 9.80 Å². The van der Waals surface area contributed by atoms with E-state index < -0.39 is 0 Å². The van der Waals surface area contributed by atoms with Gasteiger partial charge in [-0.3, -0.25) is 0 Å². The van der Waals surface area contributed by atoms with Gasteiger partial charge in [0.15, 0.2) is 0 Å². The van der Waals surface area contributed by atoms with Gasteiger partial charge in [-0.2, -0.15) is 0 Å². The van der Waals surface area contributed by atoms with E-state index in [1.54, 1.807) is 5.56 Å². The molecule has 1 aliphatic carbocycles. The van der Waals surface area contributed by atoms with E-state index in [0.717, 1.165) is 11.4 Å². The van der Waals surface area contributed by atoms with Gasteiger partial charge >= 0.3 is 0 Å². The Kier molecular flexibility index (Phi) is 7.71. The predicted octanol–water partition coefficient (Wildman–Crippen LogP) is 13.2. The van der Waals surface area contributed by atoms with Gasteiger partial charge in [0.05, 0.1) is 5.54 Å². The van der Waals surface area contributed by atoms with Crippen molar-refractivity contribution < 1.29 is 0 Å². The van der Waals surface area contributed by atoms with Gasteiger partial charge in [0.25, 0.3) is 0 Å². The Hall–Kier alpha value is -5.08. The van der Waals surface area contributed by atoms with Crippen LogP contribution in [0.3, 0.4) is 0 Å². The summed E-state index contributed by atoms with van der Waals surface area (Å²) in [7, 11) is 0. The maximum Gasteiger partial charge on any atom is 0.0518 e. The van der Waals surface area contributed by atoms with E-state index in [1.165, 1.54) is 81.7 Å². The van der Waals surface area contributed by atoms with Crippen LogP contribution in [0.15, 0.2) is 140 Å². The van der Waals surface area contributed by atoms with Gasteiger partial charge in [0.2, 0.25) is 0 Å². The Bertz CT molecular complexity index is 2030. The van der Waals surface area contributed by atoms with E-state index in [9.17, 15) is 0 Å². The average molecular weight is 639 g/mol. The van der Waals surface area contributed by atoms with E-state index in [-0.39, 0.29) is 11.0 Å². The first kappa shape index (κ1) is 31.2. The molecule has 0 saturated heterocycles. The first-order valence-electron chi connectivity index (χ1n) is 17.9. The molecule has 0 aromatic heterocycles. The van der Waals surface area contributed by atoms with Crippen LogP contribution in [0.4, 0.5) is 28.4 Å². The summed E-state index contributed by atoms with van der Waals surface area (Å²) >= 11 is 0. The molecule has 2 nitrogen and oxygen atoms in total. The molecule has 244 valence electrons. The normalized spacial score (nSPS) is 19.7. The van der Waals surface area contributed by atoms with E-state index in [2.05, 4.69) is 184 Å². The maximum atomic E-state index is 2.73. The third-order valence-corrected chi connectivity index (χ3v) is 11.6. The quantitative estimate of drug-likeness (QED) is 0.179. The Balaban J connectivity index is 1.28. The number of hydrogen-bond acceptors (Lipinski definition) is 2. The summed E-state index contributed by atoms with van der Waals surface area (Å²) in [4.78, 5) is 5.16. The lowest BCUT2D eigenvalue weighted by Gasteiger charge is -2.50.